The summed E-state index contributed by atoms with van der Waals surface area (Å²) in [6, 6.07) is 1.65. The van der Waals surface area contributed by atoms with Gasteiger partial charge in [0.1, 0.15) is 24.1 Å². The number of methoxy groups -OCH3 is 1. The van der Waals surface area contributed by atoms with Crippen LogP contribution in [0.2, 0.25) is 0 Å². The first-order chi connectivity index (χ1) is 19.5. The number of esters is 4. The van der Waals surface area contributed by atoms with Crippen molar-refractivity contribution in [2.24, 2.45) is 22.2 Å². The van der Waals surface area contributed by atoms with Crippen molar-refractivity contribution < 1.29 is 52.4 Å². The zero-order valence-corrected chi connectivity index (χ0v) is 25.1. The molecule has 1 aromatic heterocycles. The summed E-state index contributed by atoms with van der Waals surface area (Å²) in [6.07, 6.45) is 0.502. The van der Waals surface area contributed by atoms with E-state index in [1.807, 2.05) is 20.8 Å². The van der Waals surface area contributed by atoms with Crippen LogP contribution in [0.1, 0.15) is 73.0 Å². The third kappa shape index (κ3) is 3.88. The van der Waals surface area contributed by atoms with Gasteiger partial charge in [0.15, 0.2) is 11.7 Å². The van der Waals surface area contributed by atoms with Gasteiger partial charge in [0.05, 0.1) is 25.1 Å². The molecule has 0 amide bonds. The smallest absolute Gasteiger partial charge is 0.331 e. The minimum absolute atomic E-state index is 0.139. The molecule has 0 spiro atoms. The first-order valence-electron chi connectivity index (χ1n) is 14.0. The monoisotopic (exact) mass is 586 g/mol. The summed E-state index contributed by atoms with van der Waals surface area (Å²) in [6.45, 7) is 11.6. The fourth-order valence-electron chi connectivity index (χ4n) is 8.27. The van der Waals surface area contributed by atoms with E-state index in [2.05, 4.69) is 0 Å². The third-order valence-corrected chi connectivity index (χ3v) is 10.3. The molecule has 3 heterocycles. The van der Waals surface area contributed by atoms with Crippen LogP contribution in [-0.4, -0.2) is 60.0 Å². The molecule has 5 rings (SSSR count). The Morgan fingerprint density at radius 1 is 1.07 bits per heavy atom. The third-order valence-electron chi connectivity index (χ3n) is 10.3. The van der Waals surface area contributed by atoms with Crippen molar-refractivity contribution in [2.45, 2.75) is 91.3 Å². The van der Waals surface area contributed by atoms with Crippen LogP contribution in [0.3, 0.4) is 0 Å². The molecule has 1 saturated carbocycles. The lowest BCUT2D eigenvalue weighted by Crippen LogP contribution is -2.71. The van der Waals surface area contributed by atoms with Crippen molar-refractivity contribution in [1.29, 1.82) is 0 Å². The molecule has 2 aliphatic heterocycles. The normalized spacial score (nSPS) is 38.2. The molecule has 1 aromatic rings. The summed E-state index contributed by atoms with van der Waals surface area (Å²) in [4.78, 5) is 50.8. The molecule has 1 N–H and O–H groups in total. The highest BCUT2D eigenvalue weighted by Gasteiger charge is 2.79. The van der Waals surface area contributed by atoms with Gasteiger partial charge in [-0.05, 0) is 37.0 Å². The van der Waals surface area contributed by atoms with Crippen LogP contribution in [0.4, 0.5) is 0 Å². The number of allylic oxidation sites excluding steroid dienone is 1. The first kappa shape index (κ1) is 29.9. The lowest BCUT2D eigenvalue weighted by atomic mass is 9.44. The highest BCUT2D eigenvalue weighted by Crippen LogP contribution is 2.71. The van der Waals surface area contributed by atoms with Gasteiger partial charge in [0.25, 0.3) is 0 Å². The summed E-state index contributed by atoms with van der Waals surface area (Å²) >= 11 is 0. The Morgan fingerprint density at radius 3 is 2.31 bits per heavy atom. The lowest BCUT2D eigenvalue weighted by Gasteiger charge is -2.61. The summed E-state index contributed by atoms with van der Waals surface area (Å²) in [5.41, 5.74) is -3.98. The number of hydrogen-bond donors (Lipinski definition) is 1. The minimum Gasteiger partial charge on any atom is -0.490 e. The van der Waals surface area contributed by atoms with Gasteiger partial charge in [-0.15, -0.1) is 0 Å². The maximum atomic E-state index is 13.3. The van der Waals surface area contributed by atoms with Crippen molar-refractivity contribution in [1.82, 2.24) is 0 Å². The van der Waals surface area contributed by atoms with Gasteiger partial charge in [0.2, 0.25) is 0 Å². The fourth-order valence-corrected chi connectivity index (χ4v) is 8.27. The van der Waals surface area contributed by atoms with E-state index in [-0.39, 0.29) is 18.6 Å². The predicted octanol–water partition coefficient (Wildman–Crippen LogP) is 3.71. The minimum atomic E-state index is -2.01. The van der Waals surface area contributed by atoms with Crippen LogP contribution in [-0.2, 0) is 42.9 Å². The highest BCUT2D eigenvalue weighted by atomic mass is 16.6. The zero-order valence-electron chi connectivity index (χ0n) is 25.1. The van der Waals surface area contributed by atoms with Crippen LogP contribution < -0.4 is 0 Å². The topological polar surface area (TPSA) is 148 Å². The van der Waals surface area contributed by atoms with Crippen LogP contribution >= 0.6 is 0 Å². The number of cyclic esters (lactones) is 1. The van der Waals surface area contributed by atoms with E-state index in [1.54, 1.807) is 19.9 Å². The molecule has 11 nitrogen and oxygen atoms in total. The average Bonchev–Trinajstić information content (AvgIpc) is 3.51. The molecule has 0 bridgehead atoms. The Labute approximate surface area is 244 Å². The van der Waals surface area contributed by atoms with Gasteiger partial charge < -0.3 is 33.2 Å². The number of ether oxygens (including phenoxy) is 5. The van der Waals surface area contributed by atoms with Gasteiger partial charge in [-0.3, -0.25) is 14.4 Å². The molecule has 1 saturated heterocycles. The molecule has 4 aliphatic rings. The average molecular weight is 587 g/mol. The summed E-state index contributed by atoms with van der Waals surface area (Å²) < 4.78 is 34.7. The molecule has 11 heteroatoms. The van der Waals surface area contributed by atoms with Crippen molar-refractivity contribution in [3.8, 4) is 0 Å². The molecule has 42 heavy (non-hydrogen) atoms. The Kier molecular flexibility index (Phi) is 6.91. The van der Waals surface area contributed by atoms with Crippen LogP contribution in [0.15, 0.2) is 46.0 Å². The van der Waals surface area contributed by atoms with E-state index in [4.69, 9.17) is 28.1 Å². The van der Waals surface area contributed by atoms with Gasteiger partial charge in [-0.1, -0.05) is 20.8 Å². The maximum absolute atomic E-state index is 13.3. The maximum Gasteiger partial charge on any atom is 0.331 e. The number of rotatable bonds is 5. The Bertz CT molecular complexity index is 1390. The molecule has 0 radical (unpaired) electrons. The van der Waals surface area contributed by atoms with Crippen LogP contribution in [0.5, 0.6) is 0 Å². The summed E-state index contributed by atoms with van der Waals surface area (Å²) in [5, 5.41) is 13.3. The second-order valence-electron chi connectivity index (χ2n) is 12.8. The Hall–Kier alpha value is -3.60. The summed E-state index contributed by atoms with van der Waals surface area (Å²) in [7, 11) is 1.28. The van der Waals surface area contributed by atoms with Gasteiger partial charge >= 0.3 is 23.9 Å². The van der Waals surface area contributed by atoms with E-state index in [0.717, 1.165) is 0 Å². The quantitative estimate of drug-likeness (QED) is 0.398. The SMILES string of the molecule is COC(=O)CC1C(C)(C)C(OC(C)=O)CC2OC3=C(C)C4=CC(=O)OC(c5ccoc5)C4(C)C(OC(C)=O)C3(O)C21C. The molecule has 8 atom stereocenters. The second-order valence-corrected chi connectivity index (χ2v) is 12.8. The number of fused-ring (bicyclic) bond motifs is 4. The molecular formula is C31H38O11. The molecule has 228 valence electrons. The van der Waals surface area contributed by atoms with Gasteiger partial charge in [-0.2, -0.15) is 0 Å². The molecule has 2 fully saturated rings. The fraction of sp³-hybridized carbons (Fsp3) is 0.613. The van der Waals surface area contributed by atoms with E-state index in [1.165, 1.54) is 39.6 Å². The largest absolute Gasteiger partial charge is 0.490 e. The number of carbonyl (C=O) groups is 4. The Morgan fingerprint density at radius 2 is 1.74 bits per heavy atom. The number of furan rings is 1. The van der Waals surface area contributed by atoms with E-state index >= 15 is 0 Å². The van der Waals surface area contributed by atoms with Crippen molar-refractivity contribution >= 4 is 23.9 Å². The van der Waals surface area contributed by atoms with Crippen molar-refractivity contribution in [2.75, 3.05) is 7.11 Å². The predicted molar refractivity (Wildman–Crippen MR) is 144 cm³/mol. The van der Waals surface area contributed by atoms with Crippen LogP contribution in [0, 0.1) is 22.2 Å². The van der Waals surface area contributed by atoms with Crippen molar-refractivity contribution in [3.05, 3.63) is 47.1 Å². The van der Waals surface area contributed by atoms with E-state index < -0.39 is 76.1 Å². The van der Waals surface area contributed by atoms with Crippen LogP contribution in [0.25, 0.3) is 0 Å². The standard InChI is InChI=1S/C31H38O11/c1-15-19-11-24(35)42-26(18-9-10-38-14-18)29(19,6)27(40-17(3)33)31(36)25(15)41-22-13-21(39-16(2)32)28(4,5)20(30(22,31)7)12-23(34)37-8/h9-11,14,20-22,26-27,36H,12-13H2,1-8H3. The van der Waals surface area contributed by atoms with E-state index in [9.17, 15) is 24.3 Å². The number of carbonyl (C=O) groups excluding carboxylic acids is 4. The van der Waals surface area contributed by atoms with Crippen molar-refractivity contribution in [3.63, 3.8) is 0 Å². The molecular weight excluding hydrogens is 548 g/mol. The molecule has 2 aliphatic carbocycles. The first-order valence-corrected chi connectivity index (χ1v) is 14.0. The summed E-state index contributed by atoms with van der Waals surface area (Å²) in [5.74, 6) is -2.84. The number of hydrogen-bond acceptors (Lipinski definition) is 11. The highest BCUT2D eigenvalue weighted by molar-refractivity contribution is 5.86. The van der Waals surface area contributed by atoms with E-state index in [0.29, 0.717) is 16.7 Å². The second kappa shape index (κ2) is 9.72. The Balaban J connectivity index is 1.81. The molecule has 0 aromatic carbocycles. The van der Waals surface area contributed by atoms with Gasteiger partial charge in [0, 0.05) is 49.2 Å². The molecule has 8 unspecified atom stereocenters. The number of aliphatic hydroxyl groups is 1. The lowest BCUT2D eigenvalue weighted by molar-refractivity contribution is -0.244. The van der Waals surface area contributed by atoms with Gasteiger partial charge in [-0.25, -0.2) is 4.79 Å². The zero-order chi connectivity index (χ0) is 31.0.